The predicted octanol–water partition coefficient (Wildman–Crippen LogP) is 1.18. The standard InChI is InChI=1S/C18H17FN2O2/c1-23-16-6-7-17-13(9-16)8-14(18(22)21-17)11-20-10-12-2-4-15(19)5-3-12/h2-9,14,20H,10-11H2,1H3. The molecule has 4 nitrogen and oxygen atoms in total. The zero-order chi connectivity index (χ0) is 16.2. The maximum Gasteiger partial charge on any atom is 0.254 e. The maximum atomic E-state index is 12.9. The molecule has 0 spiro atoms. The van der Waals surface area contributed by atoms with Gasteiger partial charge in [0, 0.05) is 18.3 Å². The molecule has 1 amide bonds. The second-order valence-corrected chi connectivity index (χ2v) is 5.41. The lowest BCUT2D eigenvalue weighted by molar-refractivity contribution is -0.120. The lowest BCUT2D eigenvalue weighted by Gasteiger charge is -2.13. The molecular formula is C18H17FN2O2. The number of amides is 1. The zero-order valence-electron chi connectivity index (χ0n) is 12.8. The number of carbonyl (C=O) groups is 1. The second-order valence-electron chi connectivity index (χ2n) is 5.41. The lowest BCUT2D eigenvalue weighted by atomic mass is 10.0. The molecule has 0 bridgehead atoms. The smallest absolute Gasteiger partial charge is 0.254 e. The Morgan fingerprint density at radius 2 is 2.00 bits per heavy atom. The highest BCUT2D eigenvalue weighted by atomic mass is 19.1. The third-order valence-corrected chi connectivity index (χ3v) is 3.77. The zero-order valence-corrected chi connectivity index (χ0v) is 12.8. The molecule has 23 heavy (non-hydrogen) atoms. The Morgan fingerprint density at radius 1 is 1.22 bits per heavy atom. The van der Waals surface area contributed by atoms with E-state index in [-0.39, 0.29) is 17.6 Å². The largest absolute Gasteiger partial charge is 0.497 e. The van der Waals surface area contributed by atoms with Gasteiger partial charge in [0.2, 0.25) is 0 Å². The molecule has 0 saturated heterocycles. The molecule has 0 saturated carbocycles. The van der Waals surface area contributed by atoms with Crippen LogP contribution in [0.1, 0.15) is 5.56 Å². The van der Waals surface area contributed by atoms with Gasteiger partial charge in [-0.25, -0.2) is 9.38 Å². The van der Waals surface area contributed by atoms with Crippen molar-refractivity contribution in [2.75, 3.05) is 13.7 Å². The predicted molar refractivity (Wildman–Crippen MR) is 84.8 cm³/mol. The van der Waals surface area contributed by atoms with Crippen molar-refractivity contribution in [1.82, 2.24) is 5.32 Å². The normalized spacial score (nSPS) is 16.3. The molecule has 1 aliphatic rings. The number of benzene rings is 2. The molecule has 1 aliphatic heterocycles. The van der Waals surface area contributed by atoms with E-state index in [0.717, 1.165) is 16.5 Å². The number of halogens is 1. The van der Waals surface area contributed by atoms with Crippen LogP contribution in [0, 0.1) is 11.7 Å². The van der Waals surface area contributed by atoms with Crippen molar-refractivity contribution in [1.29, 1.82) is 0 Å². The van der Waals surface area contributed by atoms with E-state index in [2.05, 4.69) is 10.3 Å². The quantitative estimate of drug-likeness (QED) is 0.902. The molecule has 3 rings (SSSR count). The van der Waals surface area contributed by atoms with Gasteiger partial charge < -0.3 is 10.1 Å². The minimum atomic E-state index is -0.310. The Bertz CT molecular complexity index is 831. The summed E-state index contributed by atoms with van der Waals surface area (Å²) in [5, 5.41) is 4.79. The van der Waals surface area contributed by atoms with Crippen LogP contribution in [0.4, 0.5) is 4.39 Å². The third-order valence-electron chi connectivity index (χ3n) is 3.77. The van der Waals surface area contributed by atoms with Gasteiger partial charge in [-0.3, -0.25) is 4.79 Å². The van der Waals surface area contributed by atoms with Crippen molar-refractivity contribution in [3.05, 3.63) is 64.4 Å². The van der Waals surface area contributed by atoms with Crippen LogP contribution in [0.15, 0.2) is 47.5 Å². The van der Waals surface area contributed by atoms with Crippen LogP contribution in [0.2, 0.25) is 0 Å². The van der Waals surface area contributed by atoms with Gasteiger partial charge in [-0.2, -0.15) is 0 Å². The summed E-state index contributed by atoms with van der Waals surface area (Å²) in [7, 11) is 1.61. The van der Waals surface area contributed by atoms with E-state index in [1.54, 1.807) is 31.4 Å². The molecule has 2 aromatic rings. The van der Waals surface area contributed by atoms with E-state index < -0.39 is 0 Å². The fourth-order valence-corrected chi connectivity index (χ4v) is 2.51. The van der Waals surface area contributed by atoms with Gasteiger partial charge in [0.25, 0.3) is 5.91 Å². The lowest BCUT2D eigenvalue weighted by Crippen LogP contribution is -2.37. The first-order chi connectivity index (χ1) is 11.2. The summed E-state index contributed by atoms with van der Waals surface area (Å²) in [5.41, 5.74) is 0.966. The maximum absolute atomic E-state index is 12.9. The Labute approximate surface area is 133 Å². The first kappa shape index (κ1) is 15.4. The molecule has 0 aliphatic carbocycles. The number of nitrogens with zero attached hydrogens (tertiary/aromatic N) is 1. The molecule has 0 radical (unpaired) electrons. The van der Waals surface area contributed by atoms with Crippen molar-refractivity contribution < 1.29 is 13.9 Å². The van der Waals surface area contributed by atoms with E-state index in [1.165, 1.54) is 12.1 Å². The monoisotopic (exact) mass is 312 g/mol. The van der Waals surface area contributed by atoms with Crippen molar-refractivity contribution in [2.24, 2.45) is 10.9 Å². The van der Waals surface area contributed by atoms with Gasteiger partial charge in [0.1, 0.15) is 11.6 Å². The molecule has 1 unspecified atom stereocenters. The molecule has 1 atom stereocenters. The van der Waals surface area contributed by atoms with Crippen LogP contribution in [0.5, 0.6) is 5.75 Å². The van der Waals surface area contributed by atoms with Gasteiger partial charge in [-0.15, -0.1) is 0 Å². The molecule has 0 fully saturated rings. The Kier molecular flexibility index (Phi) is 4.48. The van der Waals surface area contributed by atoms with E-state index in [1.807, 2.05) is 12.1 Å². The van der Waals surface area contributed by atoms with Crippen LogP contribution >= 0.6 is 0 Å². The SMILES string of the molecule is COc1ccc2c(c1)=CC(CNCc1ccc(F)cc1)C(=O)N=2. The third kappa shape index (κ3) is 3.63. The van der Waals surface area contributed by atoms with Gasteiger partial charge in [0.05, 0.1) is 18.4 Å². The first-order valence-electron chi connectivity index (χ1n) is 7.39. The molecule has 118 valence electrons. The average Bonchev–Trinajstić information content (AvgIpc) is 2.56. The number of carbonyl (C=O) groups excluding carboxylic acids is 1. The van der Waals surface area contributed by atoms with Crippen molar-refractivity contribution in [3.63, 3.8) is 0 Å². The number of methoxy groups -OCH3 is 1. The van der Waals surface area contributed by atoms with E-state index in [9.17, 15) is 9.18 Å². The van der Waals surface area contributed by atoms with E-state index >= 15 is 0 Å². The van der Waals surface area contributed by atoms with Crippen molar-refractivity contribution in [3.8, 4) is 5.75 Å². The topological polar surface area (TPSA) is 50.7 Å². The fourth-order valence-electron chi connectivity index (χ4n) is 2.51. The van der Waals surface area contributed by atoms with Crippen LogP contribution in [0.25, 0.3) is 6.08 Å². The van der Waals surface area contributed by atoms with Crippen LogP contribution in [-0.2, 0) is 11.3 Å². The summed E-state index contributed by atoms with van der Waals surface area (Å²) < 4.78 is 18.1. The van der Waals surface area contributed by atoms with Gasteiger partial charge in [-0.1, -0.05) is 18.2 Å². The Hall–Kier alpha value is -2.53. The minimum Gasteiger partial charge on any atom is -0.497 e. The summed E-state index contributed by atoms with van der Waals surface area (Å²) in [6.07, 6.45) is 1.91. The summed E-state index contributed by atoms with van der Waals surface area (Å²) in [6, 6.07) is 11.7. The van der Waals surface area contributed by atoms with E-state index in [0.29, 0.717) is 18.4 Å². The van der Waals surface area contributed by atoms with Crippen LogP contribution in [-0.4, -0.2) is 19.6 Å². The molecule has 1 N–H and O–H groups in total. The van der Waals surface area contributed by atoms with Gasteiger partial charge in [-0.05, 0) is 35.9 Å². The summed E-state index contributed by atoms with van der Waals surface area (Å²) in [5.74, 6) is 0.0146. The van der Waals surface area contributed by atoms with Crippen molar-refractivity contribution >= 4 is 12.0 Å². The van der Waals surface area contributed by atoms with Gasteiger partial charge in [0.15, 0.2) is 0 Å². The molecule has 0 aromatic heterocycles. The number of ether oxygens (including phenoxy) is 1. The Morgan fingerprint density at radius 3 is 2.74 bits per heavy atom. The second kappa shape index (κ2) is 6.71. The summed E-state index contributed by atoms with van der Waals surface area (Å²) in [6.45, 7) is 1.05. The number of rotatable bonds is 5. The summed E-state index contributed by atoms with van der Waals surface area (Å²) >= 11 is 0. The highest BCUT2D eigenvalue weighted by Crippen LogP contribution is 2.08. The van der Waals surface area contributed by atoms with E-state index in [4.69, 9.17) is 4.74 Å². The minimum absolute atomic E-state index is 0.158. The van der Waals surface area contributed by atoms with Crippen LogP contribution in [0.3, 0.4) is 0 Å². The van der Waals surface area contributed by atoms with Gasteiger partial charge >= 0.3 is 0 Å². The number of hydrogen-bond acceptors (Lipinski definition) is 3. The molecular weight excluding hydrogens is 295 g/mol. The highest BCUT2D eigenvalue weighted by molar-refractivity contribution is 5.86. The molecule has 2 aromatic carbocycles. The van der Waals surface area contributed by atoms with Crippen molar-refractivity contribution in [2.45, 2.75) is 6.54 Å². The first-order valence-corrected chi connectivity index (χ1v) is 7.39. The number of fused-ring (bicyclic) bond motifs is 1. The van der Waals surface area contributed by atoms with Crippen LogP contribution < -0.4 is 20.6 Å². The molecule has 5 heteroatoms. The molecule has 1 heterocycles. The summed E-state index contributed by atoms with van der Waals surface area (Å²) in [4.78, 5) is 16.2. The Balaban J connectivity index is 1.69. The fraction of sp³-hybridized carbons (Fsp3) is 0.222. The highest BCUT2D eigenvalue weighted by Gasteiger charge is 2.18. The average molecular weight is 312 g/mol. The number of nitrogens with one attached hydrogen (secondary N) is 1. The number of hydrogen-bond donors (Lipinski definition) is 1.